The molecule has 14 heavy (non-hydrogen) atoms. The Kier molecular flexibility index (Phi) is 2.77. The lowest BCUT2D eigenvalue weighted by Gasteiger charge is -2.02. The zero-order valence-electron chi connectivity index (χ0n) is 7.86. The van der Waals surface area contributed by atoms with E-state index in [1.807, 2.05) is 18.2 Å². The van der Waals surface area contributed by atoms with Gasteiger partial charge in [-0.3, -0.25) is 4.21 Å². The fourth-order valence-corrected chi connectivity index (χ4v) is 2.66. The second-order valence-corrected chi connectivity index (χ2v) is 4.96. The topological polar surface area (TPSA) is 34.1 Å². The Morgan fingerprint density at radius 3 is 2.86 bits per heavy atom. The summed E-state index contributed by atoms with van der Waals surface area (Å²) in [6, 6.07) is 5.91. The smallest absolute Gasteiger partial charge is 0.132 e. The van der Waals surface area contributed by atoms with E-state index in [2.05, 4.69) is 0 Å². The Bertz CT molecular complexity index is 385. The average molecular weight is 208 g/mol. The molecule has 2 rings (SSSR count). The molecule has 1 aromatic rings. The number of hydrogen-bond donors (Lipinski definition) is 0. The summed E-state index contributed by atoms with van der Waals surface area (Å²) in [5, 5.41) is 0. The van der Waals surface area contributed by atoms with Gasteiger partial charge in [-0.2, -0.15) is 0 Å². The van der Waals surface area contributed by atoms with E-state index in [1.165, 1.54) is 17.5 Å². The summed E-state index contributed by atoms with van der Waals surface area (Å²) < 4.78 is 11.5. The molecule has 2 nitrogen and oxygen atoms in total. The van der Waals surface area contributed by atoms with Gasteiger partial charge < -0.3 is 4.79 Å². The molecule has 1 aromatic carbocycles. The number of benzene rings is 1. The van der Waals surface area contributed by atoms with E-state index in [0.717, 1.165) is 17.7 Å². The van der Waals surface area contributed by atoms with Crippen molar-refractivity contribution in [1.29, 1.82) is 0 Å². The molecule has 0 amide bonds. The van der Waals surface area contributed by atoms with Crippen LogP contribution >= 0.6 is 0 Å². The summed E-state index contributed by atoms with van der Waals surface area (Å²) in [4.78, 5) is 11.0. The van der Waals surface area contributed by atoms with Gasteiger partial charge in [-0.15, -0.1) is 0 Å². The van der Waals surface area contributed by atoms with E-state index in [9.17, 15) is 9.00 Å². The number of carbonyl (C=O) groups excluding carboxylic acids is 1. The van der Waals surface area contributed by atoms with Crippen molar-refractivity contribution in [3.05, 3.63) is 29.3 Å². The van der Waals surface area contributed by atoms with Crippen LogP contribution in [0.25, 0.3) is 0 Å². The molecule has 1 aliphatic rings. The van der Waals surface area contributed by atoms with Gasteiger partial charge in [-0.1, -0.05) is 6.07 Å². The van der Waals surface area contributed by atoms with E-state index in [1.54, 1.807) is 0 Å². The van der Waals surface area contributed by atoms with Crippen molar-refractivity contribution in [3.63, 3.8) is 0 Å². The van der Waals surface area contributed by atoms with Gasteiger partial charge in [0.25, 0.3) is 0 Å². The predicted molar refractivity (Wildman–Crippen MR) is 55.8 cm³/mol. The number of aldehydes is 1. The van der Waals surface area contributed by atoms with Gasteiger partial charge in [0.2, 0.25) is 0 Å². The summed E-state index contributed by atoms with van der Waals surface area (Å²) in [5.74, 6) is 0.110. The largest absolute Gasteiger partial charge is 0.302 e. The molecule has 0 N–H and O–H groups in total. The van der Waals surface area contributed by atoms with E-state index in [4.69, 9.17) is 0 Å². The van der Waals surface area contributed by atoms with E-state index in [0.29, 0.717) is 6.29 Å². The molecule has 0 saturated carbocycles. The number of aryl methyl sites for hydroxylation is 2. The molecule has 1 atom stereocenters. The van der Waals surface area contributed by atoms with Crippen molar-refractivity contribution in [3.8, 4) is 0 Å². The second kappa shape index (κ2) is 4.05. The number of rotatable bonds is 3. The summed E-state index contributed by atoms with van der Waals surface area (Å²) >= 11 is 0. The highest BCUT2D eigenvalue weighted by Crippen LogP contribution is 2.23. The molecule has 0 aliphatic heterocycles. The monoisotopic (exact) mass is 208 g/mol. The first-order valence-electron chi connectivity index (χ1n) is 4.75. The molecule has 0 bridgehead atoms. The van der Waals surface area contributed by atoms with Crippen LogP contribution in [0, 0.1) is 0 Å². The fourth-order valence-electron chi connectivity index (χ4n) is 1.85. The number of fused-ring (bicyclic) bond motifs is 1. The van der Waals surface area contributed by atoms with Crippen LogP contribution in [0.3, 0.4) is 0 Å². The van der Waals surface area contributed by atoms with E-state index >= 15 is 0 Å². The first-order valence-corrected chi connectivity index (χ1v) is 6.07. The molecule has 0 fully saturated rings. The highest BCUT2D eigenvalue weighted by molar-refractivity contribution is 7.85. The van der Waals surface area contributed by atoms with Crippen LogP contribution in [0.5, 0.6) is 0 Å². The molecular weight excluding hydrogens is 196 g/mol. The highest BCUT2D eigenvalue weighted by Gasteiger charge is 2.12. The molecule has 0 aromatic heterocycles. The molecule has 1 aliphatic carbocycles. The third kappa shape index (κ3) is 1.77. The third-order valence-electron chi connectivity index (χ3n) is 2.55. The maximum atomic E-state index is 11.5. The van der Waals surface area contributed by atoms with Crippen LogP contribution in [0.1, 0.15) is 17.5 Å². The van der Waals surface area contributed by atoms with E-state index in [-0.39, 0.29) is 5.75 Å². The minimum absolute atomic E-state index is 0.110. The molecular formula is C11H12O2S. The van der Waals surface area contributed by atoms with Crippen molar-refractivity contribution in [1.82, 2.24) is 0 Å². The molecule has 3 heteroatoms. The van der Waals surface area contributed by atoms with Crippen LogP contribution in [-0.2, 0) is 28.4 Å². The Morgan fingerprint density at radius 1 is 1.29 bits per heavy atom. The Hall–Kier alpha value is -0.960. The molecule has 0 saturated heterocycles. The number of hydrogen-bond acceptors (Lipinski definition) is 2. The van der Waals surface area contributed by atoms with Crippen LogP contribution < -0.4 is 0 Å². The Labute approximate surface area is 85.8 Å². The summed E-state index contributed by atoms with van der Waals surface area (Å²) in [6.07, 6.45) is 4.12. The third-order valence-corrected chi connectivity index (χ3v) is 3.77. The van der Waals surface area contributed by atoms with Crippen LogP contribution in [0.2, 0.25) is 0 Å². The normalized spacial score (nSPS) is 16.3. The second-order valence-electron chi connectivity index (χ2n) is 3.46. The summed E-state index contributed by atoms with van der Waals surface area (Å²) in [7, 11) is -1.14. The quantitative estimate of drug-likeness (QED) is 0.705. The van der Waals surface area contributed by atoms with Crippen LogP contribution in [0.15, 0.2) is 23.1 Å². The predicted octanol–water partition coefficient (Wildman–Crippen LogP) is 1.48. The fraction of sp³-hybridized carbons (Fsp3) is 0.364. The van der Waals surface area contributed by atoms with Gasteiger partial charge in [-0.25, -0.2) is 0 Å². The maximum absolute atomic E-state index is 11.5. The van der Waals surface area contributed by atoms with Gasteiger partial charge in [0.15, 0.2) is 0 Å². The lowest BCUT2D eigenvalue weighted by atomic mass is 10.1. The van der Waals surface area contributed by atoms with Crippen molar-refractivity contribution in [2.75, 3.05) is 5.75 Å². The standard InChI is InChI=1S/C11H12O2S/c12-6-7-14(13)11-5-4-9-2-1-3-10(9)8-11/h4-6,8H,1-3,7H2. The maximum Gasteiger partial charge on any atom is 0.132 e. The molecule has 0 heterocycles. The van der Waals surface area contributed by atoms with Crippen LogP contribution in [-0.4, -0.2) is 16.2 Å². The molecule has 0 radical (unpaired) electrons. The summed E-state index contributed by atoms with van der Waals surface area (Å²) in [5.41, 5.74) is 2.68. The van der Waals surface area contributed by atoms with Crippen molar-refractivity contribution < 1.29 is 9.00 Å². The van der Waals surface area contributed by atoms with Crippen molar-refractivity contribution in [2.24, 2.45) is 0 Å². The minimum atomic E-state index is -1.14. The zero-order valence-corrected chi connectivity index (χ0v) is 8.68. The van der Waals surface area contributed by atoms with Gasteiger partial charge in [-0.05, 0) is 42.5 Å². The molecule has 0 spiro atoms. The number of carbonyl (C=O) groups is 1. The SMILES string of the molecule is O=CCS(=O)c1ccc2c(c1)CCC2. The molecule has 74 valence electrons. The van der Waals surface area contributed by atoms with E-state index < -0.39 is 10.8 Å². The van der Waals surface area contributed by atoms with Gasteiger partial charge in [0, 0.05) is 4.90 Å². The van der Waals surface area contributed by atoms with Gasteiger partial charge in [0.05, 0.1) is 16.6 Å². The van der Waals surface area contributed by atoms with Crippen LogP contribution in [0.4, 0.5) is 0 Å². The van der Waals surface area contributed by atoms with Crippen molar-refractivity contribution in [2.45, 2.75) is 24.2 Å². The first-order chi connectivity index (χ1) is 6.81. The Morgan fingerprint density at radius 2 is 2.07 bits per heavy atom. The lowest BCUT2D eigenvalue weighted by molar-refractivity contribution is -0.105. The van der Waals surface area contributed by atoms with Crippen molar-refractivity contribution >= 4 is 17.1 Å². The zero-order chi connectivity index (χ0) is 9.97. The first kappa shape index (κ1) is 9.59. The average Bonchev–Trinajstić information content (AvgIpc) is 2.64. The minimum Gasteiger partial charge on any atom is -0.302 e. The van der Waals surface area contributed by atoms with Gasteiger partial charge in [0.1, 0.15) is 6.29 Å². The lowest BCUT2D eigenvalue weighted by Crippen LogP contribution is -1.99. The Balaban J connectivity index is 2.28. The van der Waals surface area contributed by atoms with Gasteiger partial charge >= 0.3 is 0 Å². The molecule has 1 unspecified atom stereocenters. The highest BCUT2D eigenvalue weighted by atomic mass is 32.2. The summed E-state index contributed by atoms with van der Waals surface area (Å²) in [6.45, 7) is 0.